The van der Waals surface area contributed by atoms with E-state index in [1.54, 1.807) is 41.2 Å². The summed E-state index contributed by atoms with van der Waals surface area (Å²) in [5.74, 6) is 1.57. The molecule has 5 rings (SSSR count). The number of H-pyrrole nitrogens is 1. The maximum Gasteiger partial charge on any atom is 0.247 e. The molecule has 0 fully saturated rings. The van der Waals surface area contributed by atoms with Gasteiger partial charge in [-0.1, -0.05) is 11.6 Å². The fraction of sp³-hybridized carbons (Fsp3) is 0.0476. The Kier molecular flexibility index (Phi) is 4.23. The Hall–Kier alpha value is -4.09. The third kappa shape index (κ3) is 3.07. The van der Waals surface area contributed by atoms with Crippen molar-refractivity contribution in [2.24, 2.45) is 7.05 Å². The van der Waals surface area contributed by atoms with E-state index in [0.717, 1.165) is 22.2 Å². The summed E-state index contributed by atoms with van der Waals surface area (Å²) < 4.78 is 7.62. The zero-order valence-corrected chi connectivity index (χ0v) is 16.5. The molecule has 0 spiro atoms. The number of fused-ring (bicyclic) bond motifs is 2. The molecule has 5 aromatic rings. The fourth-order valence-corrected chi connectivity index (χ4v) is 3.52. The van der Waals surface area contributed by atoms with Gasteiger partial charge < -0.3 is 10.1 Å². The molecular formula is C21H14ClN7O. The lowest BCUT2D eigenvalue weighted by Crippen LogP contribution is -1.94. The van der Waals surface area contributed by atoms with Crippen LogP contribution in [0.3, 0.4) is 0 Å². The Bertz CT molecular complexity index is 1430. The molecule has 0 unspecified atom stereocenters. The van der Waals surface area contributed by atoms with E-state index in [1.807, 2.05) is 25.2 Å². The monoisotopic (exact) mass is 415 g/mol. The lowest BCUT2D eigenvalue weighted by Gasteiger charge is -2.07. The molecule has 2 aromatic carbocycles. The molecule has 0 amide bonds. The summed E-state index contributed by atoms with van der Waals surface area (Å²) in [5, 5.41) is 25.1. The van der Waals surface area contributed by atoms with E-state index in [1.165, 1.54) is 0 Å². The molecule has 0 aliphatic heterocycles. The summed E-state index contributed by atoms with van der Waals surface area (Å²) in [6.07, 6.45) is 1.72. The normalized spacial score (nSPS) is 11.0. The number of nitriles is 1. The van der Waals surface area contributed by atoms with Gasteiger partial charge in [0.05, 0.1) is 33.1 Å². The molecular weight excluding hydrogens is 402 g/mol. The highest BCUT2D eigenvalue weighted by Crippen LogP contribution is 2.37. The number of ether oxygens (including phenoxy) is 1. The minimum atomic E-state index is 0.389. The van der Waals surface area contributed by atoms with Crippen LogP contribution >= 0.6 is 11.6 Å². The van der Waals surface area contributed by atoms with Crippen LogP contribution in [0.25, 0.3) is 21.9 Å². The molecule has 30 heavy (non-hydrogen) atoms. The van der Waals surface area contributed by atoms with E-state index < -0.39 is 0 Å². The second-order valence-corrected chi connectivity index (χ2v) is 7.02. The number of halogens is 1. The molecule has 3 heterocycles. The van der Waals surface area contributed by atoms with Gasteiger partial charge in [0.1, 0.15) is 11.3 Å². The Morgan fingerprint density at radius 1 is 1.20 bits per heavy atom. The first-order valence-corrected chi connectivity index (χ1v) is 9.40. The van der Waals surface area contributed by atoms with Gasteiger partial charge in [-0.3, -0.25) is 14.8 Å². The summed E-state index contributed by atoms with van der Waals surface area (Å²) in [7, 11) is 1.82. The van der Waals surface area contributed by atoms with Crippen LogP contribution in [-0.4, -0.2) is 25.0 Å². The Morgan fingerprint density at radius 2 is 2.03 bits per heavy atom. The number of aryl methyl sites for hydroxylation is 1. The number of aromatic amines is 1. The molecule has 0 atom stereocenters. The van der Waals surface area contributed by atoms with Crippen molar-refractivity contribution in [2.45, 2.75) is 0 Å². The molecule has 0 saturated heterocycles. The fourth-order valence-electron chi connectivity index (χ4n) is 3.23. The largest absolute Gasteiger partial charge is 0.437 e. The maximum absolute atomic E-state index is 8.94. The minimum Gasteiger partial charge on any atom is -0.437 e. The van der Waals surface area contributed by atoms with Crippen LogP contribution < -0.4 is 10.1 Å². The van der Waals surface area contributed by atoms with Crippen LogP contribution in [0, 0.1) is 11.3 Å². The van der Waals surface area contributed by atoms with Gasteiger partial charge in [-0.25, -0.2) is 0 Å². The van der Waals surface area contributed by atoms with E-state index in [9.17, 15) is 0 Å². The molecule has 0 saturated carbocycles. The Balaban J connectivity index is 1.51. The third-order valence-electron chi connectivity index (χ3n) is 4.65. The van der Waals surface area contributed by atoms with E-state index in [4.69, 9.17) is 21.6 Å². The van der Waals surface area contributed by atoms with Crippen molar-refractivity contribution in [1.82, 2.24) is 25.0 Å². The second kappa shape index (κ2) is 7.06. The molecule has 0 aliphatic rings. The summed E-state index contributed by atoms with van der Waals surface area (Å²) in [6, 6.07) is 16.4. The molecule has 9 heteroatoms. The Labute approximate surface area is 175 Å². The predicted octanol–water partition coefficient (Wildman–Crippen LogP) is 4.91. The average molecular weight is 416 g/mol. The summed E-state index contributed by atoms with van der Waals surface area (Å²) >= 11 is 6.59. The van der Waals surface area contributed by atoms with Gasteiger partial charge in [-0.05, 0) is 48.5 Å². The molecule has 8 nitrogen and oxygen atoms in total. The highest BCUT2D eigenvalue weighted by molar-refractivity contribution is 6.36. The first kappa shape index (κ1) is 18.0. The summed E-state index contributed by atoms with van der Waals surface area (Å²) in [4.78, 5) is 4.36. The lowest BCUT2D eigenvalue weighted by molar-refractivity contribution is 0.458. The molecule has 3 aromatic heterocycles. The number of nitrogens with one attached hydrogen (secondary N) is 2. The molecule has 0 radical (unpaired) electrons. The molecule has 0 aliphatic carbocycles. The third-order valence-corrected chi connectivity index (χ3v) is 4.95. The number of hydrogen-bond acceptors (Lipinski definition) is 6. The van der Waals surface area contributed by atoms with Gasteiger partial charge in [-0.15, -0.1) is 5.10 Å². The zero-order chi connectivity index (χ0) is 20.7. The SMILES string of the molecule is Cn1nc(Oc2ccc(C#N)cc2)c2c(Cl)cc(Nc3n[nH]c4cccnc34)cc21. The van der Waals surface area contributed by atoms with Gasteiger partial charge in [0.15, 0.2) is 5.82 Å². The van der Waals surface area contributed by atoms with Crippen molar-refractivity contribution in [3.63, 3.8) is 0 Å². The number of rotatable bonds is 4. The Morgan fingerprint density at radius 3 is 2.83 bits per heavy atom. The van der Waals surface area contributed by atoms with Gasteiger partial charge in [0.2, 0.25) is 5.88 Å². The number of pyridine rings is 1. The van der Waals surface area contributed by atoms with Crippen molar-refractivity contribution >= 4 is 45.0 Å². The van der Waals surface area contributed by atoms with Crippen molar-refractivity contribution in [3.8, 4) is 17.7 Å². The number of hydrogen-bond donors (Lipinski definition) is 2. The zero-order valence-electron chi connectivity index (χ0n) is 15.7. The van der Waals surface area contributed by atoms with Crippen LogP contribution in [0.4, 0.5) is 11.5 Å². The van der Waals surface area contributed by atoms with Crippen LogP contribution in [0.1, 0.15) is 5.56 Å². The van der Waals surface area contributed by atoms with Crippen LogP contribution in [0.5, 0.6) is 11.6 Å². The number of aromatic nitrogens is 5. The highest BCUT2D eigenvalue weighted by atomic mass is 35.5. The van der Waals surface area contributed by atoms with Gasteiger partial charge >= 0.3 is 0 Å². The first-order valence-electron chi connectivity index (χ1n) is 9.03. The van der Waals surface area contributed by atoms with Crippen molar-refractivity contribution < 1.29 is 4.74 Å². The standard InChI is InChI=1S/C21H14ClN7O/c1-29-17-10-13(25-20-19-16(26-27-20)3-2-8-24-19)9-15(22)18(17)21(28-29)30-14-6-4-12(11-23)5-7-14/h2-10H,1H3,(H2,25,26,27). The lowest BCUT2D eigenvalue weighted by atomic mass is 10.2. The van der Waals surface area contributed by atoms with E-state index in [2.05, 4.69) is 31.7 Å². The van der Waals surface area contributed by atoms with Gasteiger partial charge in [0.25, 0.3) is 0 Å². The van der Waals surface area contributed by atoms with Crippen LogP contribution in [0.2, 0.25) is 5.02 Å². The highest BCUT2D eigenvalue weighted by Gasteiger charge is 2.17. The average Bonchev–Trinajstić information content (AvgIpc) is 3.30. The van der Waals surface area contributed by atoms with E-state index in [0.29, 0.717) is 33.4 Å². The van der Waals surface area contributed by atoms with E-state index >= 15 is 0 Å². The quantitative estimate of drug-likeness (QED) is 0.432. The predicted molar refractivity (Wildman–Crippen MR) is 114 cm³/mol. The topological polar surface area (TPSA) is 104 Å². The van der Waals surface area contributed by atoms with Crippen molar-refractivity contribution in [1.29, 1.82) is 5.26 Å². The van der Waals surface area contributed by atoms with Crippen LogP contribution in [-0.2, 0) is 7.05 Å². The van der Waals surface area contributed by atoms with Crippen molar-refractivity contribution in [2.75, 3.05) is 5.32 Å². The molecule has 146 valence electrons. The number of anilines is 2. The van der Waals surface area contributed by atoms with Gasteiger partial charge in [-0.2, -0.15) is 10.4 Å². The smallest absolute Gasteiger partial charge is 0.247 e. The number of nitrogens with zero attached hydrogens (tertiary/aromatic N) is 5. The van der Waals surface area contributed by atoms with Crippen molar-refractivity contribution in [3.05, 3.63) is 65.3 Å². The second-order valence-electron chi connectivity index (χ2n) is 6.62. The maximum atomic E-state index is 8.94. The molecule has 2 N–H and O–H groups in total. The first-order chi connectivity index (χ1) is 14.6. The van der Waals surface area contributed by atoms with Crippen LogP contribution in [0.15, 0.2) is 54.7 Å². The summed E-state index contributed by atoms with van der Waals surface area (Å²) in [6.45, 7) is 0. The van der Waals surface area contributed by atoms with Gasteiger partial charge in [0, 0.05) is 18.9 Å². The van der Waals surface area contributed by atoms with E-state index in [-0.39, 0.29) is 0 Å². The number of benzene rings is 2. The summed E-state index contributed by atoms with van der Waals surface area (Å²) in [5.41, 5.74) is 3.68. The minimum absolute atomic E-state index is 0.389. The molecule has 0 bridgehead atoms.